The van der Waals surface area contributed by atoms with Gasteiger partial charge in [-0.05, 0) is 18.2 Å². The van der Waals surface area contributed by atoms with Crippen LogP contribution in [0.25, 0.3) is 0 Å². The fourth-order valence-corrected chi connectivity index (χ4v) is 1.62. The maximum atomic E-state index is 11.0. The fraction of sp³-hybridized carbons (Fsp3) is 0.333. The van der Waals surface area contributed by atoms with Crippen LogP contribution < -0.4 is 14.8 Å². The predicted octanol–water partition coefficient (Wildman–Crippen LogP) is 1.54. The Morgan fingerprint density at radius 3 is 3.06 bits per heavy atom. The number of amides is 1. The molecule has 0 aliphatic carbocycles. The molecule has 0 fully saturated rings. The summed E-state index contributed by atoms with van der Waals surface area (Å²) >= 11 is 0. The van der Waals surface area contributed by atoms with Gasteiger partial charge in [-0.3, -0.25) is 4.84 Å². The van der Waals surface area contributed by atoms with E-state index in [1.54, 1.807) is 19.2 Å². The Hall–Kier alpha value is -2.24. The maximum Gasteiger partial charge on any atom is 0.433 e. The molecule has 0 spiro atoms. The number of hydrogen-bond acceptors (Lipinski definition) is 5. The van der Waals surface area contributed by atoms with E-state index in [0.717, 1.165) is 5.56 Å². The Morgan fingerprint density at radius 1 is 1.50 bits per heavy atom. The molecule has 1 amide bonds. The molecule has 6 heteroatoms. The number of oxime groups is 1. The quantitative estimate of drug-likeness (QED) is 0.638. The summed E-state index contributed by atoms with van der Waals surface area (Å²) in [5, 5.41) is 6.17. The molecule has 2 rings (SSSR count). The highest BCUT2D eigenvalue weighted by molar-refractivity contribution is 6.04. The molecule has 0 atom stereocenters. The summed E-state index contributed by atoms with van der Waals surface area (Å²) in [5.41, 5.74) is 1.45. The first-order valence-electron chi connectivity index (χ1n) is 5.51. The Labute approximate surface area is 105 Å². The third kappa shape index (κ3) is 2.53. The van der Waals surface area contributed by atoms with Crippen molar-refractivity contribution in [2.24, 2.45) is 5.16 Å². The highest BCUT2D eigenvalue weighted by Crippen LogP contribution is 2.29. The van der Waals surface area contributed by atoms with E-state index in [9.17, 15) is 4.79 Å². The lowest BCUT2D eigenvalue weighted by atomic mass is 10.0. The molecule has 1 heterocycles. The molecule has 1 aromatic carbocycles. The minimum Gasteiger partial charge on any atom is -0.497 e. The highest BCUT2D eigenvalue weighted by atomic mass is 16.7. The van der Waals surface area contributed by atoms with Gasteiger partial charge in [0.25, 0.3) is 0 Å². The number of fused-ring (bicyclic) bond motifs is 1. The van der Waals surface area contributed by atoms with Gasteiger partial charge < -0.3 is 14.8 Å². The monoisotopic (exact) mass is 250 g/mol. The zero-order chi connectivity index (χ0) is 13.0. The number of rotatable bonds is 2. The fourth-order valence-electron chi connectivity index (χ4n) is 1.62. The van der Waals surface area contributed by atoms with Crippen LogP contribution in [0.5, 0.6) is 11.5 Å². The van der Waals surface area contributed by atoms with Crippen molar-refractivity contribution in [3.8, 4) is 11.5 Å². The number of methoxy groups -OCH3 is 1. The summed E-state index contributed by atoms with van der Waals surface area (Å²) in [4.78, 5) is 15.7. The van der Waals surface area contributed by atoms with Crippen LogP contribution in [-0.2, 0) is 4.84 Å². The van der Waals surface area contributed by atoms with Crippen LogP contribution in [0.1, 0.15) is 12.0 Å². The molecule has 0 unspecified atom stereocenters. The summed E-state index contributed by atoms with van der Waals surface area (Å²) in [6.07, 6.45) is -0.0182. The van der Waals surface area contributed by atoms with E-state index < -0.39 is 6.09 Å². The molecule has 0 aromatic heterocycles. The number of carbonyl (C=O) groups is 1. The number of benzene rings is 1. The number of ether oxygens (including phenoxy) is 2. The number of nitrogens with zero attached hydrogens (tertiary/aromatic N) is 1. The largest absolute Gasteiger partial charge is 0.497 e. The van der Waals surface area contributed by atoms with Gasteiger partial charge in [0.2, 0.25) is 0 Å². The van der Waals surface area contributed by atoms with Gasteiger partial charge in [0, 0.05) is 19.0 Å². The van der Waals surface area contributed by atoms with Crippen LogP contribution in [-0.4, -0.2) is 32.6 Å². The second-order valence-electron chi connectivity index (χ2n) is 3.63. The summed E-state index contributed by atoms with van der Waals surface area (Å²) in [6.45, 7) is 0.509. The van der Waals surface area contributed by atoms with Crippen molar-refractivity contribution in [1.82, 2.24) is 5.32 Å². The summed E-state index contributed by atoms with van der Waals surface area (Å²) in [7, 11) is 3.06. The molecule has 1 aliphatic rings. The third-order valence-electron chi connectivity index (χ3n) is 2.54. The first kappa shape index (κ1) is 12.2. The van der Waals surface area contributed by atoms with Gasteiger partial charge in [0.1, 0.15) is 11.5 Å². The molecule has 1 N–H and O–H groups in total. The number of hydrogen-bond donors (Lipinski definition) is 1. The van der Waals surface area contributed by atoms with Crippen molar-refractivity contribution in [1.29, 1.82) is 0 Å². The average molecular weight is 250 g/mol. The molecule has 6 nitrogen and oxygen atoms in total. The summed E-state index contributed by atoms with van der Waals surface area (Å²) < 4.78 is 10.6. The van der Waals surface area contributed by atoms with E-state index in [1.165, 1.54) is 7.05 Å². The van der Waals surface area contributed by atoms with Crippen LogP contribution in [0.4, 0.5) is 4.79 Å². The van der Waals surface area contributed by atoms with Crippen LogP contribution in [0.3, 0.4) is 0 Å². The van der Waals surface area contributed by atoms with Gasteiger partial charge in [-0.25, -0.2) is 4.79 Å². The normalized spacial score (nSPS) is 15.6. The second kappa shape index (κ2) is 5.39. The van der Waals surface area contributed by atoms with Gasteiger partial charge in [-0.15, -0.1) is 0 Å². The van der Waals surface area contributed by atoms with Crippen molar-refractivity contribution < 1.29 is 19.1 Å². The maximum absolute atomic E-state index is 11.0. The molecule has 0 saturated carbocycles. The SMILES string of the molecule is CNC(=O)O/N=C1\CCOc2ccc(OC)cc21. The lowest BCUT2D eigenvalue weighted by molar-refractivity contribution is 0.152. The Bertz CT molecular complexity index is 485. The zero-order valence-electron chi connectivity index (χ0n) is 10.2. The van der Waals surface area contributed by atoms with Crippen LogP contribution in [0, 0.1) is 0 Å². The van der Waals surface area contributed by atoms with Crippen molar-refractivity contribution in [3.63, 3.8) is 0 Å². The van der Waals surface area contributed by atoms with E-state index in [1.807, 2.05) is 6.07 Å². The summed E-state index contributed by atoms with van der Waals surface area (Å²) in [6, 6.07) is 5.42. The second-order valence-corrected chi connectivity index (χ2v) is 3.63. The van der Waals surface area contributed by atoms with Gasteiger partial charge in [-0.2, -0.15) is 0 Å². The lowest BCUT2D eigenvalue weighted by Crippen LogP contribution is -2.20. The van der Waals surface area contributed by atoms with E-state index >= 15 is 0 Å². The Balaban J connectivity index is 2.28. The minimum atomic E-state index is -0.599. The first-order valence-corrected chi connectivity index (χ1v) is 5.51. The molecule has 18 heavy (non-hydrogen) atoms. The van der Waals surface area contributed by atoms with Crippen LogP contribution >= 0.6 is 0 Å². The van der Waals surface area contributed by atoms with E-state index in [2.05, 4.69) is 10.5 Å². The molecule has 96 valence electrons. The van der Waals surface area contributed by atoms with Crippen molar-refractivity contribution in [2.75, 3.05) is 20.8 Å². The molecular formula is C12H14N2O4. The Kier molecular flexibility index (Phi) is 3.66. The van der Waals surface area contributed by atoms with Crippen LogP contribution in [0.2, 0.25) is 0 Å². The number of carbonyl (C=O) groups excluding carboxylic acids is 1. The lowest BCUT2D eigenvalue weighted by Gasteiger charge is -2.18. The molecule has 1 aromatic rings. The van der Waals surface area contributed by atoms with Crippen LogP contribution in [0.15, 0.2) is 23.4 Å². The zero-order valence-corrected chi connectivity index (χ0v) is 10.2. The predicted molar refractivity (Wildman–Crippen MR) is 65.2 cm³/mol. The molecule has 0 saturated heterocycles. The standard InChI is InChI=1S/C12H14N2O4/c1-13-12(15)18-14-10-5-6-17-11-4-3-8(16-2)7-9(10)11/h3-4,7H,5-6H2,1-2H3,(H,13,15)/b14-10+. The van der Waals surface area contributed by atoms with Crippen molar-refractivity contribution in [2.45, 2.75) is 6.42 Å². The first-order chi connectivity index (χ1) is 8.74. The van der Waals surface area contributed by atoms with E-state index in [4.69, 9.17) is 14.3 Å². The van der Waals surface area contributed by atoms with Crippen molar-refractivity contribution in [3.05, 3.63) is 23.8 Å². The average Bonchev–Trinajstić information content (AvgIpc) is 2.43. The third-order valence-corrected chi connectivity index (χ3v) is 2.54. The van der Waals surface area contributed by atoms with Gasteiger partial charge in [0.15, 0.2) is 0 Å². The molecular weight excluding hydrogens is 236 g/mol. The number of nitrogens with one attached hydrogen (secondary N) is 1. The van der Waals surface area contributed by atoms with Gasteiger partial charge in [0.05, 0.1) is 19.4 Å². The topological polar surface area (TPSA) is 69.2 Å². The summed E-state index contributed by atoms with van der Waals surface area (Å²) in [5.74, 6) is 1.41. The Morgan fingerprint density at radius 2 is 2.33 bits per heavy atom. The smallest absolute Gasteiger partial charge is 0.433 e. The molecule has 1 aliphatic heterocycles. The minimum absolute atomic E-state index is 0.509. The van der Waals surface area contributed by atoms with Crippen molar-refractivity contribution >= 4 is 11.8 Å². The highest BCUT2D eigenvalue weighted by Gasteiger charge is 2.18. The van der Waals surface area contributed by atoms with Gasteiger partial charge >= 0.3 is 6.09 Å². The van der Waals surface area contributed by atoms with Gasteiger partial charge in [-0.1, -0.05) is 5.16 Å². The molecule has 0 bridgehead atoms. The molecule has 0 radical (unpaired) electrons. The van der Waals surface area contributed by atoms with E-state index in [-0.39, 0.29) is 0 Å². The van der Waals surface area contributed by atoms with E-state index in [0.29, 0.717) is 30.2 Å².